The molecule has 6 aromatic carbocycles. The van der Waals surface area contributed by atoms with Gasteiger partial charge in [-0.1, -0.05) is 182 Å². The summed E-state index contributed by atoms with van der Waals surface area (Å²) in [5.74, 6) is 0. The van der Waals surface area contributed by atoms with E-state index < -0.39 is 47.8 Å². The van der Waals surface area contributed by atoms with Crippen LogP contribution in [-0.2, 0) is 53.1 Å². The van der Waals surface area contributed by atoms with Crippen molar-refractivity contribution in [1.29, 1.82) is 0 Å². The van der Waals surface area contributed by atoms with Gasteiger partial charge in [0.15, 0.2) is 12.3 Å². The molecule has 56 heavy (non-hydrogen) atoms. The second-order valence-corrected chi connectivity index (χ2v) is 18.3. The van der Waals surface area contributed by atoms with E-state index in [1.807, 2.05) is 146 Å². The molecule has 7 rings (SSSR count). The Morgan fingerprint density at radius 3 is 1.30 bits per heavy atom. The molecule has 0 N–H and O–H groups in total. The van der Waals surface area contributed by atoms with Crippen LogP contribution in [0.1, 0.15) is 16.7 Å². The quantitative estimate of drug-likeness (QED) is 0.0737. The summed E-state index contributed by atoms with van der Waals surface area (Å²) >= 11 is 0. The van der Waals surface area contributed by atoms with Crippen LogP contribution in [0, 0.1) is 0 Å². The lowest BCUT2D eigenvalue weighted by molar-refractivity contribution is -0.252. The van der Waals surface area contributed by atoms with Crippen molar-refractivity contribution < 1.29 is 31.5 Å². The molecule has 1 fully saturated rings. The van der Waals surface area contributed by atoms with Gasteiger partial charge in [0.2, 0.25) is 0 Å². The summed E-state index contributed by atoms with van der Waals surface area (Å²) in [6.07, 6.45) is -3.82. The minimum absolute atomic E-state index is 0.116. The molecule has 6 aromatic rings. The maximum Gasteiger partial charge on any atom is 0.264 e. The van der Waals surface area contributed by atoms with E-state index in [1.54, 1.807) is 0 Å². The molecule has 10 heteroatoms. The third-order valence-electron chi connectivity index (χ3n) is 9.54. The van der Waals surface area contributed by atoms with Crippen molar-refractivity contribution >= 4 is 33.1 Å². The monoisotopic (exact) mass is 787 g/mol. The van der Waals surface area contributed by atoms with Crippen molar-refractivity contribution in [3.63, 3.8) is 0 Å². The van der Waals surface area contributed by atoms with Crippen molar-refractivity contribution in [2.24, 2.45) is 4.74 Å². The first-order valence-electron chi connectivity index (χ1n) is 18.6. The second kappa shape index (κ2) is 19.0. The molecule has 0 amide bonds. The molecule has 1 heterocycles. The van der Waals surface area contributed by atoms with E-state index in [2.05, 4.69) is 36.4 Å². The smallest absolute Gasteiger partial charge is 0.264 e. The van der Waals surface area contributed by atoms with E-state index in [9.17, 15) is 8.42 Å². The molecule has 1 aliphatic rings. The standard InChI is InChI=1S/C46H46NO7PS/c1-56(48,49)54-45-44(52-34-38-24-12-4-13-25-38)43(51-33-37-22-10-3-11-23-37)42(35-50-32-36-20-8-2-9-21-36)53-46(45)47-55(39-26-14-5-15-27-39,40-28-16-6-17-29-40)41-30-18-7-19-31-41/h2-31,42-46H,32-35H2,1H3/t42-,43+,44+,45-,46-/m1/s1. The molecule has 0 spiro atoms. The molecule has 288 valence electrons. The molecule has 1 saturated heterocycles. The predicted octanol–water partition coefficient (Wildman–Crippen LogP) is 7.62. The summed E-state index contributed by atoms with van der Waals surface area (Å²) in [6, 6.07) is 59.8. The Balaban J connectivity index is 1.40. The zero-order valence-corrected chi connectivity index (χ0v) is 32.9. The molecular weight excluding hydrogens is 742 g/mol. The van der Waals surface area contributed by atoms with Gasteiger partial charge in [0.25, 0.3) is 10.1 Å². The predicted molar refractivity (Wildman–Crippen MR) is 222 cm³/mol. The highest BCUT2D eigenvalue weighted by atomic mass is 32.2. The minimum atomic E-state index is -4.08. The normalized spacial score (nSPS) is 20.0. The van der Waals surface area contributed by atoms with Gasteiger partial charge in [-0.3, -0.25) is 8.93 Å². The third-order valence-corrected chi connectivity index (χ3v) is 13.8. The van der Waals surface area contributed by atoms with Gasteiger partial charge in [0.1, 0.15) is 18.3 Å². The highest BCUT2D eigenvalue weighted by Crippen LogP contribution is 2.49. The van der Waals surface area contributed by atoms with Crippen molar-refractivity contribution in [3.05, 3.63) is 199 Å². The van der Waals surface area contributed by atoms with Crippen LogP contribution in [0.25, 0.3) is 0 Å². The van der Waals surface area contributed by atoms with Crippen LogP contribution in [-0.4, -0.2) is 51.9 Å². The molecule has 0 saturated carbocycles. The molecule has 1 aliphatic heterocycles. The van der Waals surface area contributed by atoms with Crippen molar-refractivity contribution in [2.45, 2.75) is 50.5 Å². The first kappa shape index (κ1) is 39.5. The van der Waals surface area contributed by atoms with Gasteiger partial charge in [-0.05, 0) is 16.7 Å². The Hall–Kier alpha value is -4.70. The lowest BCUT2D eigenvalue weighted by atomic mass is 9.97. The fourth-order valence-electron chi connectivity index (χ4n) is 6.97. The molecule has 0 aliphatic carbocycles. The highest BCUT2D eigenvalue weighted by molar-refractivity contribution is 7.87. The van der Waals surface area contributed by atoms with Gasteiger partial charge in [0, 0.05) is 15.9 Å². The summed E-state index contributed by atoms with van der Waals surface area (Å²) in [7, 11) is -7.00. The molecule has 0 unspecified atom stereocenters. The van der Waals surface area contributed by atoms with Gasteiger partial charge in [-0.25, -0.2) is 0 Å². The Kier molecular flexibility index (Phi) is 13.4. The van der Waals surface area contributed by atoms with Gasteiger partial charge in [0.05, 0.1) is 39.7 Å². The van der Waals surface area contributed by atoms with Crippen LogP contribution in [0.15, 0.2) is 187 Å². The Labute approximate surface area is 330 Å². The summed E-state index contributed by atoms with van der Waals surface area (Å²) in [4.78, 5) is 0. The van der Waals surface area contributed by atoms with E-state index in [0.717, 1.165) is 38.9 Å². The van der Waals surface area contributed by atoms with Crippen molar-refractivity contribution in [1.82, 2.24) is 0 Å². The van der Waals surface area contributed by atoms with Crippen molar-refractivity contribution in [2.75, 3.05) is 12.9 Å². The second-order valence-electron chi connectivity index (χ2n) is 13.6. The fraction of sp³-hybridized carbons (Fsp3) is 0.217. The number of hydrogen-bond donors (Lipinski definition) is 0. The zero-order valence-electron chi connectivity index (χ0n) is 31.2. The first-order valence-corrected chi connectivity index (χ1v) is 22.2. The van der Waals surface area contributed by atoms with Gasteiger partial charge in [-0.15, -0.1) is 0 Å². The fourth-order valence-corrected chi connectivity index (χ4v) is 11.2. The maximum atomic E-state index is 13.3. The van der Waals surface area contributed by atoms with Crippen LogP contribution in [0.3, 0.4) is 0 Å². The average Bonchev–Trinajstić information content (AvgIpc) is 3.24. The van der Waals surface area contributed by atoms with Gasteiger partial charge >= 0.3 is 0 Å². The minimum Gasteiger partial charge on any atom is -0.374 e. The molecule has 8 nitrogen and oxygen atoms in total. The Morgan fingerprint density at radius 1 is 0.518 bits per heavy atom. The SMILES string of the molecule is CS(=O)(=O)O[C@@H]1[C@@H](OCc2ccccc2)[C@@H](OCc2ccccc2)[C@@H](COCc2ccccc2)O[C@H]1N=P(c1ccccc1)(c1ccccc1)c1ccccc1. The van der Waals surface area contributed by atoms with Gasteiger partial charge in [-0.2, -0.15) is 8.42 Å². The van der Waals surface area contributed by atoms with Crippen molar-refractivity contribution in [3.8, 4) is 0 Å². The van der Waals surface area contributed by atoms with Crippen LogP contribution in [0.4, 0.5) is 0 Å². The van der Waals surface area contributed by atoms with E-state index in [4.69, 9.17) is 27.9 Å². The van der Waals surface area contributed by atoms with Crippen LogP contribution in [0.5, 0.6) is 0 Å². The van der Waals surface area contributed by atoms with Gasteiger partial charge < -0.3 is 18.9 Å². The molecule has 5 atom stereocenters. The lowest BCUT2D eigenvalue weighted by Crippen LogP contribution is -2.61. The third kappa shape index (κ3) is 9.99. The number of nitrogens with zero attached hydrogens (tertiary/aromatic N) is 1. The first-order chi connectivity index (χ1) is 27.4. The zero-order chi connectivity index (χ0) is 38.6. The highest BCUT2D eigenvalue weighted by Gasteiger charge is 2.51. The maximum absolute atomic E-state index is 13.3. The van der Waals surface area contributed by atoms with E-state index in [-0.39, 0.29) is 19.8 Å². The Bertz CT molecular complexity index is 2150. The lowest BCUT2D eigenvalue weighted by Gasteiger charge is -2.45. The number of rotatable bonds is 16. The number of ether oxygens (including phenoxy) is 4. The van der Waals surface area contributed by atoms with E-state index >= 15 is 0 Å². The summed E-state index contributed by atoms with van der Waals surface area (Å²) in [5, 5.41) is 2.92. The average molecular weight is 788 g/mol. The topological polar surface area (TPSA) is 92.7 Å². The summed E-state index contributed by atoms with van der Waals surface area (Å²) < 4.78 is 65.3. The molecular formula is C46H46NO7PS. The van der Waals surface area contributed by atoms with Crippen LogP contribution in [0.2, 0.25) is 0 Å². The molecule has 0 aromatic heterocycles. The summed E-state index contributed by atoms with van der Waals surface area (Å²) in [6.45, 7) is 0.838. The molecule has 0 radical (unpaired) electrons. The van der Waals surface area contributed by atoms with Crippen LogP contribution < -0.4 is 15.9 Å². The number of hydrogen-bond acceptors (Lipinski definition) is 8. The summed E-state index contributed by atoms with van der Waals surface area (Å²) in [5.41, 5.74) is 2.85. The van der Waals surface area contributed by atoms with E-state index in [0.29, 0.717) is 6.61 Å². The van der Waals surface area contributed by atoms with E-state index in [1.165, 1.54) is 0 Å². The number of benzene rings is 6. The largest absolute Gasteiger partial charge is 0.374 e. The Morgan fingerprint density at radius 2 is 0.893 bits per heavy atom. The molecule has 0 bridgehead atoms. The van der Waals surface area contributed by atoms with Crippen LogP contribution >= 0.6 is 7.05 Å².